The molecule has 1 atom stereocenters. The predicted molar refractivity (Wildman–Crippen MR) is 126 cm³/mol. The topological polar surface area (TPSA) is 101 Å². The van der Waals surface area contributed by atoms with Crippen molar-refractivity contribution in [3.63, 3.8) is 0 Å². The molecular weight excluding hydrogens is 454 g/mol. The van der Waals surface area contributed by atoms with Gasteiger partial charge >= 0.3 is 5.97 Å². The molecule has 0 saturated heterocycles. The van der Waals surface area contributed by atoms with Gasteiger partial charge in [0.15, 0.2) is 5.76 Å². The summed E-state index contributed by atoms with van der Waals surface area (Å²) in [6.45, 7) is 1.92. The van der Waals surface area contributed by atoms with Crippen LogP contribution in [-0.4, -0.2) is 37.4 Å². The van der Waals surface area contributed by atoms with Gasteiger partial charge in [0.1, 0.15) is 4.91 Å². The number of nitrogens with zero attached hydrogens (tertiary/aromatic N) is 1. The maximum atomic E-state index is 13.6. The lowest BCUT2D eigenvalue weighted by molar-refractivity contribution is -0.130. The molecule has 0 radical (unpaired) electrons. The zero-order valence-electron chi connectivity index (χ0n) is 18.6. The van der Waals surface area contributed by atoms with E-state index in [2.05, 4.69) is 0 Å². The number of carbonyl (C=O) groups excluding carboxylic acids is 2. The molecule has 0 aliphatic carbocycles. The van der Waals surface area contributed by atoms with E-state index in [0.717, 1.165) is 11.1 Å². The Kier molecular flexibility index (Phi) is 6.26. The summed E-state index contributed by atoms with van der Waals surface area (Å²) in [6.07, 6.45) is 0. The summed E-state index contributed by atoms with van der Waals surface area (Å²) in [6, 6.07) is 20.3. The van der Waals surface area contributed by atoms with Crippen molar-refractivity contribution in [2.75, 3.05) is 7.11 Å². The number of aliphatic hydroxyl groups is 1. The molecule has 1 N–H and O–H groups in total. The van der Waals surface area contributed by atoms with Crippen molar-refractivity contribution in [3.05, 3.63) is 112 Å². The minimum absolute atomic E-state index is 0.0230. The zero-order valence-corrected chi connectivity index (χ0v) is 19.5. The van der Waals surface area contributed by atoms with Gasteiger partial charge in [-0.1, -0.05) is 60.2 Å². The molecule has 0 aromatic heterocycles. The van der Waals surface area contributed by atoms with E-state index >= 15 is 0 Å². The van der Waals surface area contributed by atoms with Crippen molar-refractivity contribution in [1.82, 2.24) is 4.90 Å². The van der Waals surface area contributed by atoms with Crippen LogP contribution in [0.1, 0.15) is 33.1 Å². The molecule has 8 heteroatoms. The van der Waals surface area contributed by atoms with Crippen molar-refractivity contribution >= 4 is 21.7 Å². The number of aryl methyl sites for hydroxylation is 1. The largest absolute Gasteiger partial charge is 0.502 e. The van der Waals surface area contributed by atoms with E-state index in [1.165, 1.54) is 36.3 Å². The highest BCUT2D eigenvalue weighted by molar-refractivity contribution is 7.95. The predicted octanol–water partition coefficient (Wildman–Crippen LogP) is 4.11. The third-order valence-electron chi connectivity index (χ3n) is 5.72. The molecule has 174 valence electrons. The second kappa shape index (κ2) is 9.15. The Labute approximate surface area is 197 Å². The van der Waals surface area contributed by atoms with Gasteiger partial charge in [0.25, 0.3) is 5.91 Å². The first-order valence-electron chi connectivity index (χ1n) is 10.5. The van der Waals surface area contributed by atoms with Gasteiger partial charge in [0.2, 0.25) is 9.84 Å². The van der Waals surface area contributed by atoms with Crippen LogP contribution in [0.3, 0.4) is 0 Å². The van der Waals surface area contributed by atoms with Crippen LogP contribution in [0.5, 0.6) is 0 Å². The maximum absolute atomic E-state index is 13.6. The molecule has 1 aliphatic rings. The average Bonchev–Trinajstić information content (AvgIpc) is 3.10. The molecule has 1 heterocycles. The number of benzene rings is 3. The van der Waals surface area contributed by atoms with Crippen LogP contribution in [0.25, 0.3) is 0 Å². The van der Waals surface area contributed by atoms with Crippen molar-refractivity contribution < 1.29 is 27.9 Å². The van der Waals surface area contributed by atoms with Gasteiger partial charge in [0.05, 0.1) is 23.6 Å². The lowest BCUT2D eigenvalue weighted by Gasteiger charge is -2.27. The molecule has 0 spiro atoms. The van der Waals surface area contributed by atoms with E-state index in [-0.39, 0.29) is 21.9 Å². The first kappa shape index (κ1) is 23.3. The number of hydrogen-bond donors (Lipinski definition) is 1. The van der Waals surface area contributed by atoms with Crippen LogP contribution in [0.15, 0.2) is 94.4 Å². The van der Waals surface area contributed by atoms with Crippen LogP contribution in [0.2, 0.25) is 0 Å². The number of ether oxygens (including phenoxy) is 1. The monoisotopic (exact) mass is 477 g/mol. The molecule has 34 heavy (non-hydrogen) atoms. The Morgan fingerprint density at radius 3 is 2.18 bits per heavy atom. The SMILES string of the molecule is COC(=O)c1ccc([C@@H]2C(S(=O)(=O)c3ccc(C)cc3)=C(O)C(=O)N2Cc2ccccc2)cc1. The second-order valence-corrected chi connectivity index (χ2v) is 9.88. The quantitative estimate of drug-likeness (QED) is 0.536. The number of carbonyl (C=O) groups is 2. The van der Waals surface area contributed by atoms with E-state index in [4.69, 9.17) is 4.74 Å². The molecule has 3 aromatic carbocycles. The van der Waals surface area contributed by atoms with Crippen LogP contribution < -0.4 is 0 Å². The highest BCUT2D eigenvalue weighted by Crippen LogP contribution is 2.43. The van der Waals surface area contributed by atoms with Gasteiger partial charge in [-0.25, -0.2) is 13.2 Å². The standard InChI is InChI=1S/C26H23NO6S/c1-17-8-14-21(15-9-17)34(31,32)24-22(19-10-12-20(13-11-19)26(30)33-2)27(25(29)23(24)28)16-18-6-4-3-5-7-18/h3-15,22,28H,16H2,1-2H3/t22-/m1/s1. The number of sulfone groups is 1. The summed E-state index contributed by atoms with van der Waals surface area (Å²) in [4.78, 5) is 25.9. The van der Waals surface area contributed by atoms with Crippen LogP contribution in [0.4, 0.5) is 0 Å². The molecule has 0 saturated carbocycles. The average molecular weight is 478 g/mol. The summed E-state index contributed by atoms with van der Waals surface area (Å²) >= 11 is 0. The van der Waals surface area contributed by atoms with E-state index in [1.807, 2.05) is 37.3 Å². The van der Waals surface area contributed by atoms with Gasteiger partial charge in [-0.15, -0.1) is 0 Å². The molecule has 7 nitrogen and oxygen atoms in total. The van der Waals surface area contributed by atoms with E-state index in [9.17, 15) is 23.1 Å². The Bertz CT molecular complexity index is 1360. The highest BCUT2D eigenvalue weighted by atomic mass is 32.2. The Morgan fingerprint density at radius 2 is 1.59 bits per heavy atom. The number of methoxy groups -OCH3 is 1. The first-order valence-corrected chi connectivity index (χ1v) is 12.0. The van der Waals surface area contributed by atoms with E-state index in [0.29, 0.717) is 5.56 Å². The Hall–Kier alpha value is -3.91. The van der Waals surface area contributed by atoms with E-state index in [1.54, 1.807) is 24.3 Å². The fraction of sp³-hybridized carbons (Fsp3) is 0.154. The summed E-state index contributed by atoms with van der Waals surface area (Å²) in [5, 5.41) is 10.8. The molecule has 1 aliphatic heterocycles. The summed E-state index contributed by atoms with van der Waals surface area (Å²) in [5.74, 6) is -2.13. The van der Waals surface area contributed by atoms with E-state index < -0.39 is 33.5 Å². The Morgan fingerprint density at radius 1 is 0.971 bits per heavy atom. The van der Waals surface area contributed by atoms with Crippen molar-refractivity contribution in [2.45, 2.75) is 24.4 Å². The van der Waals surface area contributed by atoms with Gasteiger partial charge in [-0.3, -0.25) is 4.79 Å². The van der Waals surface area contributed by atoms with Gasteiger partial charge in [0, 0.05) is 6.54 Å². The molecule has 3 aromatic rings. The normalized spacial score (nSPS) is 16.1. The fourth-order valence-corrected chi connectivity index (χ4v) is 5.59. The maximum Gasteiger partial charge on any atom is 0.337 e. The van der Waals surface area contributed by atoms with Crippen LogP contribution in [0, 0.1) is 6.92 Å². The van der Waals surface area contributed by atoms with Crippen molar-refractivity contribution in [2.24, 2.45) is 0 Å². The molecule has 0 bridgehead atoms. The fourth-order valence-electron chi connectivity index (χ4n) is 3.94. The molecular formula is C26H23NO6S. The second-order valence-electron chi connectivity index (χ2n) is 7.96. The summed E-state index contributed by atoms with van der Waals surface area (Å²) in [5.41, 5.74) is 2.36. The number of aliphatic hydroxyl groups excluding tert-OH is 1. The number of hydrogen-bond acceptors (Lipinski definition) is 6. The molecule has 1 amide bonds. The smallest absolute Gasteiger partial charge is 0.337 e. The number of amides is 1. The first-order chi connectivity index (χ1) is 16.2. The molecule has 0 fully saturated rings. The highest BCUT2D eigenvalue weighted by Gasteiger charge is 2.46. The third-order valence-corrected chi connectivity index (χ3v) is 7.61. The zero-order chi connectivity index (χ0) is 24.5. The molecule has 4 rings (SSSR count). The lowest BCUT2D eigenvalue weighted by Crippen LogP contribution is -2.30. The van der Waals surface area contributed by atoms with Gasteiger partial charge < -0.3 is 14.7 Å². The summed E-state index contributed by atoms with van der Waals surface area (Å²) < 4.78 is 32.0. The van der Waals surface area contributed by atoms with Gasteiger partial charge in [-0.2, -0.15) is 0 Å². The molecule has 0 unspecified atom stereocenters. The lowest BCUT2D eigenvalue weighted by atomic mass is 10.0. The van der Waals surface area contributed by atoms with Crippen LogP contribution in [-0.2, 0) is 25.9 Å². The van der Waals surface area contributed by atoms with Crippen molar-refractivity contribution in [1.29, 1.82) is 0 Å². The van der Waals surface area contributed by atoms with Crippen LogP contribution >= 0.6 is 0 Å². The minimum atomic E-state index is -4.22. The van der Waals surface area contributed by atoms with Gasteiger partial charge in [-0.05, 0) is 42.3 Å². The summed E-state index contributed by atoms with van der Waals surface area (Å²) in [7, 11) is -2.95. The Balaban J connectivity index is 1.84. The third kappa shape index (κ3) is 4.20. The number of rotatable bonds is 6. The number of esters is 1. The minimum Gasteiger partial charge on any atom is -0.502 e. The van der Waals surface area contributed by atoms with Crippen molar-refractivity contribution in [3.8, 4) is 0 Å².